The van der Waals surface area contributed by atoms with Gasteiger partial charge in [-0.25, -0.2) is 18.6 Å². The van der Waals surface area contributed by atoms with Gasteiger partial charge in [0.15, 0.2) is 0 Å². The van der Waals surface area contributed by atoms with Gasteiger partial charge in [0, 0.05) is 30.8 Å². The van der Waals surface area contributed by atoms with Crippen LogP contribution in [0.25, 0.3) is 17.1 Å². The molecular weight excluding hydrogens is 576 g/mol. The van der Waals surface area contributed by atoms with Crippen LogP contribution >= 0.6 is 0 Å². The number of amides is 1. The summed E-state index contributed by atoms with van der Waals surface area (Å²) in [6.07, 6.45) is 1.32. The van der Waals surface area contributed by atoms with Crippen LogP contribution in [0.2, 0.25) is 0 Å². The molecule has 0 bridgehead atoms. The molecule has 4 rings (SSSR count). The van der Waals surface area contributed by atoms with E-state index in [1.54, 1.807) is 45.2 Å². The molecule has 0 aliphatic carbocycles. The second-order valence-electron chi connectivity index (χ2n) is 11.6. The first kappa shape index (κ1) is 32.7. The largest absolute Gasteiger partial charge is 0.481 e. The Morgan fingerprint density at radius 1 is 1.18 bits per heavy atom. The number of benzene rings is 1. The molecule has 1 aromatic carbocycles. The number of carbonyl (C=O) groups excluding carboxylic acids is 1. The molecule has 1 aliphatic rings. The molecule has 0 spiro atoms. The summed E-state index contributed by atoms with van der Waals surface area (Å²) in [6, 6.07) is 7.51. The van der Waals surface area contributed by atoms with Gasteiger partial charge in [0.2, 0.25) is 5.88 Å². The monoisotopic (exact) mass is 613 g/mol. The minimum Gasteiger partial charge on any atom is -0.481 e. The number of carbonyl (C=O) groups is 2. The van der Waals surface area contributed by atoms with Crippen molar-refractivity contribution in [3.8, 4) is 5.88 Å². The lowest BCUT2D eigenvalue weighted by molar-refractivity contribution is -0.157. The summed E-state index contributed by atoms with van der Waals surface area (Å²) in [6.45, 7) is 5.02. The molecule has 0 radical (unpaired) electrons. The maximum atomic E-state index is 14.2. The van der Waals surface area contributed by atoms with Crippen LogP contribution in [0.4, 0.5) is 13.6 Å². The Morgan fingerprint density at radius 3 is 2.66 bits per heavy atom. The number of aliphatic carboxylic acids is 1. The molecule has 1 fully saturated rings. The molecule has 4 atom stereocenters. The molecule has 2 N–H and O–H groups in total. The number of ether oxygens (including phenoxy) is 3. The Kier molecular flexibility index (Phi) is 10.5. The third kappa shape index (κ3) is 8.48. The average molecular weight is 614 g/mol. The predicted octanol–water partition coefficient (Wildman–Crippen LogP) is 5.16. The summed E-state index contributed by atoms with van der Waals surface area (Å²) in [7, 11) is 1.50. The van der Waals surface area contributed by atoms with Crippen LogP contribution in [-0.4, -0.2) is 80.8 Å². The van der Waals surface area contributed by atoms with Gasteiger partial charge in [-0.05, 0) is 69.5 Å². The molecule has 0 unspecified atom stereocenters. The topological polar surface area (TPSA) is 131 Å². The van der Waals surface area contributed by atoms with Crippen LogP contribution in [0, 0.1) is 11.6 Å². The van der Waals surface area contributed by atoms with Crippen molar-refractivity contribution in [3.05, 3.63) is 71.4 Å². The zero-order valence-corrected chi connectivity index (χ0v) is 25.1. The van der Waals surface area contributed by atoms with Crippen molar-refractivity contribution >= 4 is 29.2 Å². The minimum absolute atomic E-state index is 0.00458. The lowest BCUT2D eigenvalue weighted by atomic mass is 9.91. The van der Waals surface area contributed by atoms with Gasteiger partial charge in [-0.1, -0.05) is 12.2 Å². The van der Waals surface area contributed by atoms with Crippen LogP contribution in [-0.2, 0) is 20.7 Å². The lowest BCUT2D eigenvalue weighted by Crippen LogP contribution is -2.55. The highest BCUT2D eigenvalue weighted by Crippen LogP contribution is 2.31. The van der Waals surface area contributed by atoms with E-state index in [0.717, 1.165) is 18.2 Å². The minimum atomic E-state index is -1.15. The SMILES string of the molecule is COc1ccc2nccc(C[C@H](O)[C@@H]3CC[C@@H](N(C/C=C/c4cc(F)ccc4F)C(=O)OC(C)(C)C)[C@@H](CC(=O)O)O3)c2n1. The summed E-state index contributed by atoms with van der Waals surface area (Å²) in [5.41, 5.74) is 1.05. The summed E-state index contributed by atoms with van der Waals surface area (Å²) < 4.78 is 44.9. The van der Waals surface area contributed by atoms with E-state index in [1.165, 1.54) is 24.2 Å². The van der Waals surface area contributed by atoms with E-state index in [2.05, 4.69) is 9.97 Å². The van der Waals surface area contributed by atoms with E-state index in [-0.39, 0.29) is 18.5 Å². The number of pyridine rings is 2. The Morgan fingerprint density at radius 2 is 1.95 bits per heavy atom. The number of hydrogen-bond acceptors (Lipinski definition) is 8. The quantitative estimate of drug-likeness (QED) is 0.318. The Bertz CT molecular complexity index is 1510. The first-order chi connectivity index (χ1) is 20.8. The number of carboxylic acids is 1. The van der Waals surface area contributed by atoms with Crippen LogP contribution in [0.5, 0.6) is 5.88 Å². The maximum Gasteiger partial charge on any atom is 0.410 e. The number of halogens is 2. The van der Waals surface area contributed by atoms with Gasteiger partial charge in [0.05, 0.1) is 48.9 Å². The third-order valence-corrected chi connectivity index (χ3v) is 7.20. The molecule has 44 heavy (non-hydrogen) atoms. The number of carboxylic acid groups (broad SMARTS) is 1. The third-order valence-electron chi connectivity index (χ3n) is 7.20. The van der Waals surface area contributed by atoms with Crippen molar-refractivity contribution in [1.82, 2.24) is 14.9 Å². The number of hydrogen-bond donors (Lipinski definition) is 2. The van der Waals surface area contributed by atoms with E-state index in [1.807, 2.05) is 0 Å². The number of aliphatic hydroxyl groups excluding tert-OH is 1. The molecule has 12 heteroatoms. The Hall–Kier alpha value is -4.16. The fraction of sp³-hybridized carbons (Fsp3) is 0.438. The number of methoxy groups -OCH3 is 1. The van der Waals surface area contributed by atoms with Crippen LogP contribution in [0.1, 0.15) is 51.2 Å². The molecule has 3 aromatic rings. The smallest absolute Gasteiger partial charge is 0.410 e. The highest BCUT2D eigenvalue weighted by molar-refractivity contribution is 5.78. The van der Waals surface area contributed by atoms with Gasteiger partial charge in [0.25, 0.3) is 0 Å². The molecule has 1 saturated heterocycles. The number of rotatable bonds is 10. The number of nitrogens with zero attached hydrogens (tertiary/aromatic N) is 3. The Balaban J connectivity index is 1.56. The summed E-state index contributed by atoms with van der Waals surface area (Å²) in [5.74, 6) is -2.00. The predicted molar refractivity (Wildman–Crippen MR) is 158 cm³/mol. The van der Waals surface area contributed by atoms with E-state index in [0.29, 0.717) is 35.3 Å². The van der Waals surface area contributed by atoms with Gasteiger partial charge >= 0.3 is 12.1 Å². The maximum absolute atomic E-state index is 14.2. The molecule has 2 aromatic heterocycles. The van der Waals surface area contributed by atoms with Crippen molar-refractivity contribution in [2.75, 3.05) is 13.7 Å². The van der Waals surface area contributed by atoms with E-state index >= 15 is 0 Å². The standard InChI is InChI=1S/C32H37F2N3O7/c1-32(2,3)44-31(41)37(15-5-6-19-16-21(33)7-8-22(19)34)24-10-11-26(43-27(24)18-29(39)40)25(38)17-20-13-14-35-23-9-12-28(42-4)36-30(20)23/h5-9,12-14,16,24-27,38H,10-11,15,17-18H2,1-4H3,(H,39,40)/b6-5+/t24-,25+,26+,27-/m1/s1. The highest BCUT2D eigenvalue weighted by Gasteiger charge is 2.41. The van der Waals surface area contributed by atoms with Gasteiger partial charge in [-0.15, -0.1) is 0 Å². The first-order valence-electron chi connectivity index (χ1n) is 14.3. The van der Waals surface area contributed by atoms with Crippen LogP contribution in [0.15, 0.2) is 48.7 Å². The van der Waals surface area contributed by atoms with Gasteiger partial charge in [-0.3, -0.25) is 14.7 Å². The molecule has 0 saturated carbocycles. The summed E-state index contributed by atoms with van der Waals surface area (Å²) >= 11 is 0. The molecule has 236 valence electrons. The summed E-state index contributed by atoms with van der Waals surface area (Å²) in [5, 5.41) is 20.9. The fourth-order valence-corrected chi connectivity index (χ4v) is 5.20. The van der Waals surface area contributed by atoms with E-state index in [4.69, 9.17) is 14.2 Å². The lowest BCUT2D eigenvalue weighted by Gasteiger charge is -2.43. The molecular formula is C32H37F2N3O7. The summed E-state index contributed by atoms with van der Waals surface area (Å²) in [4.78, 5) is 35.3. The van der Waals surface area contributed by atoms with Gasteiger partial charge in [-0.2, -0.15) is 0 Å². The average Bonchev–Trinajstić information content (AvgIpc) is 2.96. The van der Waals surface area contributed by atoms with Crippen molar-refractivity contribution in [2.45, 2.75) is 76.4 Å². The van der Waals surface area contributed by atoms with Crippen LogP contribution < -0.4 is 4.74 Å². The normalized spacial score (nSPS) is 19.6. The van der Waals surface area contributed by atoms with Gasteiger partial charge < -0.3 is 24.4 Å². The zero-order chi connectivity index (χ0) is 32.0. The molecule has 10 nitrogen and oxygen atoms in total. The zero-order valence-electron chi connectivity index (χ0n) is 25.1. The molecule has 1 amide bonds. The highest BCUT2D eigenvalue weighted by atomic mass is 19.1. The van der Waals surface area contributed by atoms with Crippen molar-refractivity contribution in [1.29, 1.82) is 0 Å². The second kappa shape index (κ2) is 14.1. The number of aromatic nitrogens is 2. The fourth-order valence-electron chi connectivity index (χ4n) is 5.20. The van der Waals surface area contributed by atoms with Crippen LogP contribution in [0.3, 0.4) is 0 Å². The molecule has 3 heterocycles. The van der Waals surface area contributed by atoms with Crippen molar-refractivity contribution in [3.63, 3.8) is 0 Å². The van der Waals surface area contributed by atoms with Gasteiger partial charge in [0.1, 0.15) is 17.2 Å². The number of aliphatic hydroxyl groups is 1. The van der Waals surface area contributed by atoms with E-state index in [9.17, 15) is 28.6 Å². The van der Waals surface area contributed by atoms with Crippen molar-refractivity contribution in [2.24, 2.45) is 0 Å². The first-order valence-corrected chi connectivity index (χ1v) is 14.3. The molecule has 1 aliphatic heterocycles. The Labute approximate surface area is 254 Å². The number of fused-ring (bicyclic) bond motifs is 1. The van der Waals surface area contributed by atoms with Crippen molar-refractivity contribution < 1.29 is 42.8 Å². The van der Waals surface area contributed by atoms with E-state index < -0.39 is 60.1 Å². The second-order valence-corrected chi connectivity index (χ2v) is 11.6.